The van der Waals surface area contributed by atoms with Gasteiger partial charge in [0.15, 0.2) is 5.96 Å². The van der Waals surface area contributed by atoms with Crippen LogP contribution >= 0.6 is 0 Å². The highest BCUT2D eigenvalue weighted by Gasteiger charge is 2.34. The summed E-state index contributed by atoms with van der Waals surface area (Å²) in [7, 11) is 1.73. The van der Waals surface area contributed by atoms with Crippen LogP contribution in [-0.4, -0.2) is 44.3 Å². The average Bonchev–Trinajstić information content (AvgIpc) is 3.18. The number of hydrogen-bond donors (Lipinski definition) is 3. The Bertz CT molecular complexity index is 1060. The fourth-order valence-corrected chi connectivity index (χ4v) is 4.29. The van der Waals surface area contributed by atoms with Crippen LogP contribution in [0, 0.1) is 11.6 Å². The molecule has 1 fully saturated rings. The summed E-state index contributed by atoms with van der Waals surface area (Å²) >= 11 is 0. The molecule has 2 aromatic carbocycles. The Hall–Kier alpha value is -2.93. The molecule has 1 aliphatic heterocycles. The number of guanidine groups is 1. The summed E-state index contributed by atoms with van der Waals surface area (Å²) in [5, 5.41) is 7.65. The number of aromatic amines is 1. The van der Waals surface area contributed by atoms with Gasteiger partial charge in [0, 0.05) is 55.9 Å². The maximum absolute atomic E-state index is 13.9. The van der Waals surface area contributed by atoms with Gasteiger partial charge in [0.1, 0.15) is 11.6 Å². The number of halogens is 2. The highest BCUT2D eigenvalue weighted by atomic mass is 19.1. The van der Waals surface area contributed by atoms with Gasteiger partial charge in [-0.2, -0.15) is 0 Å². The molecule has 0 saturated carbocycles. The zero-order chi connectivity index (χ0) is 21.7. The second kappa shape index (κ2) is 9.47. The fraction of sp³-hybridized carbons (Fsp3) is 0.375. The molecular formula is C24H28F2N4O. The highest BCUT2D eigenvalue weighted by molar-refractivity contribution is 5.83. The normalized spacial score (nSPS) is 16.4. The predicted octanol–water partition coefficient (Wildman–Crippen LogP) is 3.90. The van der Waals surface area contributed by atoms with Crippen LogP contribution in [-0.2, 0) is 16.6 Å². The minimum atomic E-state index is -0.238. The maximum Gasteiger partial charge on any atom is 0.191 e. The van der Waals surface area contributed by atoms with Crippen molar-refractivity contribution < 1.29 is 13.5 Å². The van der Waals surface area contributed by atoms with Gasteiger partial charge in [-0.05, 0) is 60.7 Å². The quantitative estimate of drug-likeness (QED) is 0.414. The minimum absolute atomic E-state index is 0.202. The van der Waals surface area contributed by atoms with Crippen molar-refractivity contribution in [1.82, 2.24) is 15.6 Å². The van der Waals surface area contributed by atoms with Crippen molar-refractivity contribution in [3.63, 3.8) is 0 Å². The molecule has 31 heavy (non-hydrogen) atoms. The molecule has 164 valence electrons. The van der Waals surface area contributed by atoms with Crippen molar-refractivity contribution in [2.24, 2.45) is 4.99 Å². The van der Waals surface area contributed by atoms with Gasteiger partial charge in [-0.3, -0.25) is 4.99 Å². The molecule has 4 rings (SSSR count). The van der Waals surface area contributed by atoms with Crippen LogP contribution in [0.1, 0.15) is 24.0 Å². The zero-order valence-electron chi connectivity index (χ0n) is 17.7. The van der Waals surface area contributed by atoms with E-state index in [-0.39, 0.29) is 17.0 Å². The van der Waals surface area contributed by atoms with E-state index in [2.05, 4.69) is 20.6 Å². The molecule has 0 amide bonds. The summed E-state index contributed by atoms with van der Waals surface area (Å²) in [5.41, 5.74) is 2.76. The smallest absolute Gasteiger partial charge is 0.191 e. The number of aromatic nitrogens is 1. The second-order valence-corrected chi connectivity index (χ2v) is 8.01. The molecular weight excluding hydrogens is 398 g/mol. The molecule has 7 heteroatoms. The SMILES string of the molecule is CN=C(NCCc1c[nH]c2ccc(F)cc12)NCC1(c2cccc(F)c2)CCOCC1. The van der Waals surface area contributed by atoms with Crippen molar-refractivity contribution in [2.75, 3.05) is 33.4 Å². The number of H-pyrrole nitrogens is 1. The summed E-state index contributed by atoms with van der Waals surface area (Å²) < 4.78 is 33.0. The van der Waals surface area contributed by atoms with E-state index in [9.17, 15) is 8.78 Å². The van der Waals surface area contributed by atoms with Gasteiger partial charge in [0.2, 0.25) is 0 Å². The summed E-state index contributed by atoms with van der Waals surface area (Å²) in [4.78, 5) is 7.51. The average molecular weight is 427 g/mol. The Balaban J connectivity index is 1.38. The Morgan fingerprint density at radius 1 is 1.10 bits per heavy atom. The topological polar surface area (TPSA) is 61.4 Å². The number of nitrogens with zero attached hydrogens (tertiary/aromatic N) is 1. The van der Waals surface area contributed by atoms with Gasteiger partial charge in [0.25, 0.3) is 0 Å². The second-order valence-electron chi connectivity index (χ2n) is 8.01. The third-order valence-corrected chi connectivity index (χ3v) is 6.12. The first-order valence-electron chi connectivity index (χ1n) is 10.6. The van der Waals surface area contributed by atoms with E-state index in [1.807, 2.05) is 12.3 Å². The molecule has 0 spiro atoms. The molecule has 3 N–H and O–H groups in total. The lowest BCUT2D eigenvalue weighted by molar-refractivity contribution is 0.0513. The third-order valence-electron chi connectivity index (χ3n) is 6.12. The van der Waals surface area contributed by atoms with Crippen LogP contribution in [0.15, 0.2) is 53.7 Å². The summed E-state index contributed by atoms with van der Waals surface area (Å²) in [6.45, 7) is 2.60. The Labute approximate surface area is 180 Å². The largest absolute Gasteiger partial charge is 0.381 e. The number of aliphatic imine (C=N–C) groups is 1. The van der Waals surface area contributed by atoms with Crippen molar-refractivity contribution in [1.29, 1.82) is 0 Å². The molecule has 0 bridgehead atoms. The number of benzene rings is 2. The van der Waals surface area contributed by atoms with Crippen LogP contribution in [0.25, 0.3) is 10.9 Å². The summed E-state index contributed by atoms with van der Waals surface area (Å²) in [5.74, 6) is 0.229. The Kier molecular flexibility index (Phi) is 6.51. The van der Waals surface area contributed by atoms with Crippen molar-refractivity contribution in [3.05, 3.63) is 71.4 Å². The predicted molar refractivity (Wildman–Crippen MR) is 119 cm³/mol. The minimum Gasteiger partial charge on any atom is -0.381 e. The molecule has 5 nitrogen and oxygen atoms in total. The van der Waals surface area contributed by atoms with Crippen molar-refractivity contribution in [3.8, 4) is 0 Å². The molecule has 3 aromatic rings. The lowest BCUT2D eigenvalue weighted by Gasteiger charge is -2.38. The Morgan fingerprint density at radius 2 is 1.90 bits per heavy atom. The van der Waals surface area contributed by atoms with E-state index >= 15 is 0 Å². The third kappa shape index (κ3) is 4.88. The highest BCUT2D eigenvalue weighted by Crippen LogP contribution is 2.34. The first-order chi connectivity index (χ1) is 15.1. The fourth-order valence-electron chi connectivity index (χ4n) is 4.29. The van der Waals surface area contributed by atoms with Crippen molar-refractivity contribution >= 4 is 16.9 Å². The van der Waals surface area contributed by atoms with Gasteiger partial charge in [-0.15, -0.1) is 0 Å². The van der Waals surface area contributed by atoms with Crippen LogP contribution < -0.4 is 10.6 Å². The monoisotopic (exact) mass is 426 g/mol. The zero-order valence-corrected chi connectivity index (χ0v) is 17.7. The lowest BCUT2D eigenvalue weighted by atomic mass is 9.74. The number of rotatable bonds is 6. The van der Waals surface area contributed by atoms with E-state index in [1.54, 1.807) is 31.3 Å². The van der Waals surface area contributed by atoms with Gasteiger partial charge < -0.3 is 20.4 Å². The molecule has 0 unspecified atom stereocenters. The number of nitrogens with one attached hydrogen (secondary N) is 3. The number of fused-ring (bicyclic) bond motifs is 1. The number of hydrogen-bond acceptors (Lipinski definition) is 2. The van der Waals surface area contributed by atoms with E-state index in [1.165, 1.54) is 12.1 Å². The van der Waals surface area contributed by atoms with Crippen LogP contribution in [0.3, 0.4) is 0 Å². The van der Waals surface area contributed by atoms with Gasteiger partial charge >= 0.3 is 0 Å². The molecule has 0 atom stereocenters. The van der Waals surface area contributed by atoms with E-state index in [0.717, 1.165) is 41.3 Å². The van der Waals surface area contributed by atoms with E-state index in [0.29, 0.717) is 32.3 Å². The van der Waals surface area contributed by atoms with Crippen LogP contribution in [0.2, 0.25) is 0 Å². The lowest BCUT2D eigenvalue weighted by Crippen LogP contribution is -2.48. The van der Waals surface area contributed by atoms with Gasteiger partial charge in [0.05, 0.1) is 0 Å². The molecule has 1 saturated heterocycles. The van der Waals surface area contributed by atoms with Gasteiger partial charge in [-0.1, -0.05) is 12.1 Å². The molecule has 0 aliphatic carbocycles. The molecule has 0 radical (unpaired) electrons. The summed E-state index contributed by atoms with van der Waals surface area (Å²) in [6, 6.07) is 11.6. The van der Waals surface area contributed by atoms with Crippen LogP contribution in [0.5, 0.6) is 0 Å². The standard InChI is InChI=1S/C24H28F2N4O/c1-27-23(28-10-7-17-15-29-22-6-5-20(26)14-21(17)22)30-16-24(8-11-31-12-9-24)18-3-2-4-19(25)13-18/h2-6,13-15,29H,7-12,16H2,1H3,(H2,27,28,30). The number of ether oxygens (including phenoxy) is 1. The van der Waals surface area contributed by atoms with Gasteiger partial charge in [-0.25, -0.2) is 8.78 Å². The maximum atomic E-state index is 13.9. The molecule has 1 aliphatic rings. The van der Waals surface area contributed by atoms with E-state index in [4.69, 9.17) is 4.74 Å². The summed E-state index contributed by atoms with van der Waals surface area (Å²) in [6.07, 6.45) is 4.29. The Morgan fingerprint density at radius 3 is 2.68 bits per heavy atom. The molecule has 2 heterocycles. The first-order valence-corrected chi connectivity index (χ1v) is 10.6. The van der Waals surface area contributed by atoms with Crippen LogP contribution in [0.4, 0.5) is 8.78 Å². The van der Waals surface area contributed by atoms with Crippen molar-refractivity contribution in [2.45, 2.75) is 24.7 Å². The van der Waals surface area contributed by atoms with E-state index < -0.39 is 0 Å². The molecule has 1 aromatic heterocycles. The first kappa shape index (κ1) is 21.3.